The average molecular weight is 210 g/mol. The van der Waals surface area contributed by atoms with Crippen LogP contribution in [0.2, 0.25) is 0 Å². The maximum absolute atomic E-state index is 5.72. The van der Waals surface area contributed by atoms with Crippen LogP contribution in [0.1, 0.15) is 32.5 Å². The highest BCUT2D eigenvalue weighted by Crippen LogP contribution is 2.20. The Kier molecular flexibility index (Phi) is 4.42. The van der Waals surface area contributed by atoms with Crippen molar-refractivity contribution in [1.82, 2.24) is 4.98 Å². The summed E-state index contributed by atoms with van der Waals surface area (Å²) in [5.41, 5.74) is 6.67. The van der Waals surface area contributed by atoms with E-state index in [1.165, 1.54) is 4.90 Å². The molecular weight excluding hydrogens is 192 g/mol. The van der Waals surface area contributed by atoms with Gasteiger partial charge in [0.1, 0.15) is 0 Å². The summed E-state index contributed by atoms with van der Waals surface area (Å²) in [5.74, 6) is 1.85. The average Bonchev–Trinajstić information content (AvgIpc) is 2.15. The summed E-state index contributed by atoms with van der Waals surface area (Å²) in [6.07, 6.45) is 1.91. The van der Waals surface area contributed by atoms with Crippen LogP contribution in [0.3, 0.4) is 0 Å². The van der Waals surface area contributed by atoms with Crippen LogP contribution in [0.15, 0.2) is 23.2 Å². The van der Waals surface area contributed by atoms with Gasteiger partial charge in [0.05, 0.1) is 5.69 Å². The molecule has 1 heterocycles. The lowest BCUT2D eigenvalue weighted by Gasteiger charge is -2.06. The Bertz CT molecular complexity index is 267. The van der Waals surface area contributed by atoms with Crippen LogP contribution in [0.4, 0.5) is 0 Å². The van der Waals surface area contributed by atoms with Crippen molar-refractivity contribution in [3.63, 3.8) is 0 Å². The highest BCUT2D eigenvalue weighted by molar-refractivity contribution is 7.99. The van der Waals surface area contributed by atoms with Crippen LogP contribution in [-0.2, 0) is 0 Å². The minimum absolute atomic E-state index is 0.0270. The second kappa shape index (κ2) is 5.37. The number of thioether (sulfide) groups is 1. The van der Waals surface area contributed by atoms with Crippen molar-refractivity contribution >= 4 is 11.8 Å². The molecule has 0 aliphatic carbocycles. The molecule has 0 saturated heterocycles. The fourth-order valence-electron chi connectivity index (χ4n) is 1.01. The van der Waals surface area contributed by atoms with Crippen LogP contribution in [0, 0.1) is 5.92 Å². The lowest BCUT2D eigenvalue weighted by atomic mass is 10.2. The Morgan fingerprint density at radius 1 is 1.36 bits per heavy atom. The normalized spacial score (nSPS) is 13.2. The SMILES string of the molecule is CC(C)CSc1ccc([C@H](C)N)nc1. The molecule has 1 aromatic rings. The molecule has 1 atom stereocenters. The van der Waals surface area contributed by atoms with E-state index in [-0.39, 0.29) is 6.04 Å². The summed E-state index contributed by atoms with van der Waals surface area (Å²) in [7, 11) is 0. The van der Waals surface area contributed by atoms with E-state index in [1.54, 1.807) is 0 Å². The quantitative estimate of drug-likeness (QED) is 0.777. The van der Waals surface area contributed by atoms with Crippen molar-refractivity contribution in [2.24, 2.45) is 11.7 Å². The van der Waals surface area contributed by atoms with Gasteiger partial charge in [0.15, 0.2) is 0 Å². The highest BCUT2D eigenvalue weighted by atomic mass is 32.2. The Morgan fingerprint density at radius 2 is 2.07 bits per heavy atom. The number of pyridine rings is 1. The molecule has 0 bridgehead atoms. The maximum Gasteiger partial charge on any atom is 0.0569 e. The largest absolute Gasteiger partial charge is 0.323 e. The number of rotatable bonds is 4. The third kappa shape index (κ3) is 3.68. The molecule has 1 aromatic heterocycles. The predicted octanol–water partition coefficient (Wildman–Crippen LogP) is 2.85. The van der Waals surface area contributed by atoms with E-state index in [0.717, 1.165) is 11.4 Å². The molecule has 0 radical (unpaired) electrons. The Morgan fingerprint density at radius 3 is 2.50 bits per heavy atom. The smallest absolute Gasteiger partial charge is 0.0569 e. The summed E-state index contributed by atoms with van der Waals surface area (Å²) >= 11 is 1.85. The van der Waals surface area contributed by atoms with Gasteiger partial charge < -0.3 is 5.73 Å². The minimum Gasteiger partial charge on any atom is -0.323 e. The molecule has 1 rings (SSSR count). The first kappa shape index (κ1) is 11.5. The molecule has 0 saturated carbocycles. The van der Waals surface area contributed by atoms with Crippen molar-refractivity contribution < 1.29 is 0 Å². The molecular formula is C11H18N2S. The Labute approximate surface area is 90.3 Å². The molecule has 3 heteroatoms. The van der Waals surface area contributed by atoms with Crippen LogP contribution in [0.5, 0.6) is 0 Å². The molecule has 2 N–H and O–H groups in total. The van der Waals surface area contributed by atoms with Crippen LogP contribution in [0.25, 0.3) is 0 Å². The van der Waals surface area contributed by atoms with Gasteiger partial charge in [0.2, 0.25) is 0 Å². The van der Waals surface area contributed by atoms with E-state index >= 15 is 0 Å². The number of aromatic nitrogens is 1. The lowest BCUT2D eigenvalue weighted by molar-refractivity contribution is 0.749. The van der Waals surface area contributed by atoms with E-state index in [4.69, 9.17) is 5.73 Å². The maximum atomic E-state index is 5.72. The van der Waals surface area contributed by atoms with Gasteiger partial charge >= 0.3 is 0 Å². The van der Waals surface area contributed by atoms with Gasteiger partial charge in [-0.15, -0.1) is 11.8 Å². The van der Waals surface area contributed by atoms with Gasteiger partial charge in [-0.1, -0.05) is 13.8 Å². The van der Waals surface area contributed by atoms with Crippen molar-refractivity contribution in [1.29, 1.82) is 0 Å². The van der Waals surface area contributed by atoms with Crippen LogP contribution in [-0.4, -0.2) is 10.7 Å². The van der Waals surface area contributed by atoms with Gasteiger partial charge in [0, 0.05) is 22.9 Å². The molecule has 0 aliphatic rings. The van der Waals surface area contributed by atoms with Crippen molar-refractivity contribution in [3.8, 4) is 0 Å². The predicted molar refractivity (Wildman–Crippen MR) is 62.4 cm³/mol. The molecule has 0 fully saturated rings. The molecule has 0 unspecified atom stereocenters. The topological polar surface area (TPSA) is 38.9 Å². The first-order chi connectivity index (χ1) is 6.59. The summed E-state index contributed by atoms with van der Waals surface area (Å²) in [4.78, 5) is 5.54. The third-order valence-electron chi connectivity index (χ3n) is 1.81. The zero-order chi connectivity index (χ0) is 10.6. The van der Waals surface area contributed by atoms with Crippen molar-refractivity contribution in [3.05, 3.63) is 24.0 Å². The molecule has 0 amide bonds. The number of nitrogens with zero attached hydrogens (tertiary/aromatic N) is 1. The number of hydrogen-bond donors (Lipinski definition) is 1. The molecule has 0 aliphatic heterocycles. The summed E-state index contributed by atoms with van der Waals surface area (Å²) in [6.45, 7) is 6.39. The lowest BCUT2D eigenvalue weighted by Crippen LogP contribution is -2.06. The molecule has 78 valence electrons. The third-order valence-corrected chi connectivity index (χ3v) is 3.22. The number of nitrogens with two attached hydrogens (primary N) is 1. The molecule has 0 spiro atoms. The van der Waals surface area contributed by atoms with Crippen LogP contribution >= 0.6 is 11.8 Å². The van der Waals surface area contributed by atoms with Gasteiger partial charge in [0.25, 0.3) is 0 Å². The standard InChI is InChI=1S/C11H18N2S/c1-8(2)7-14-10-4-5-11(9(3)12)13-6-10/h4-6,8-9H,7,12H2,1-3H3/t9-/m0/s1. The first-order valence-corrected chi connectivity index (χ1v) is 5.92. The molecule has 2 nitrogen and oxygen atoms in total. The second-order valence-electron chi connectivity index (χ2n) is 3.91. The van der Waals surface area contributed by atoms with E-state index in [1.807, 2.05) is 30.9 Å². The van der Waals surface area contributed by atoms with E-state index in [0.29, 0.717) is 5.92 Å². The van der Waals surface area contributed by atoms with Gasteiger partial charge in [-0.05, 0) is 25.0 Å². The van der Waals surface area contributed by atoms with E-state index in [9.17, 15) is 0 Å². The summed E-state index contributed by atoms with van der Waals surface area (Å²) < 4.78 is 0. The Hall–Kier alpha value is -0.540. The Balaban J connectivity index is 2.55. The zero-order valence-corrected chi connectivity index (χ0v) is 9.84. The fourth-order valence-corrected chi connectivity index (χ4v) is 1.83. The molecule has 0 aromatic carbocycles. The van der Waals surface area contributed by atoms with Crippen molar-refractivity contribution in [2.45, 2.75) is 31.7 Å². The molecule has 14 heavy (non-hydrogen) atoms. The highest BCUT2D eigenvalue weighted by Gasteiger charge is 2.01. The van der Waals surface area contributed by atoms with Gasteiger partial charge in [-0.2, -0.15) is 0 Å². The minimum atomic E-state index is 0.0270. The summed E-state index contributed by atoms with van der Waals surface area (Å²) in [6, 6.07) is 4.13. The fraction of sp³-hybridized carbons (Fsp3) is 0.545. The number of hydrogen-bond acceptors (Lipinski definition) is 3. The van der Waals surface area contributed by atoms with Crippen molar-refractivity contribution in [2.75, 3.05) is 5.75 Å². The summed E-state index contributed by atoms with van der Waals surface area (Å²) in [5, 5.41) is 0. The van der Waals surface area contributed by atoms with Gasteiger partial charge in [-0.3, -0.25) is 4.98 Å². The van der Waals surface area contributed by atoms with Gasteiger partial charge in [-0.25, -0.2) is 0 Å². The first-order valence-electron chi connectivity index (χ1n) is 4.94. The van der Waals surface area contributed by atoms with E-state index in [2.05, 4.69) is 24.9 Å². The van der Waals surface area contributed by atoms with E-state index < -0.39 is 0 Å². The monoisotopic (exact) mass is 210 g/mol. The second-order valence-corrected chi connectivity index (χ2v) is 5.01. The van der Waals surface area contributed by atoms with Crippen LogP contribution < -0.4 is 5.73 Å². The zero-order valence-electron chi connectivity index (χ0n) is 9.03.